The van der Waals surface area contributed by atoms with Crippen molar-refractivity contribution in [3.8, 4) is 5.75 Å². The maximum absolute atomic E-state index is 11.6. The van der Waals surface area contributed by atoms with E-state index in [1.165, 1.54) is 12.3 Å². The van der Waals surface area contributed by atoms with Crippen LogP contribution < -0.4 is 5.43 Å². The highest BCUT2D eigenvalue weighted by Gasteiger charge is 2.08. The molecule has 1 aromatic carbocycles. The molecule has 19 heavy (non-hydrogen) atoms. The Bertz CT molecular complexity index is 635. The van der Waals surface area contributed by atoms with Gasteiger partial charge in [0.15, 0.2) is 5.76 Å². The van der Waals surface area contributed by atoms with Gasteiger partial charge in [-0.1, -0.05) is 15.9 Å². The minimum Gasteiger partial charge on any atom is -0.507 e. The Morgan fingerprint density at radius 2 is 2.21 bits per heavy atom. The number of aromatic hydroxyl groups is 1. The highest BCUT2D eigenvalue weighted by atomic mass is 79.9. The molecule has 0 spiro atoms. The number of hydrazone groups is 1. The predicted molar refractivity (Wildman–Crippen MR) is 74.3 cm³/mol. The van der Waals surface area contributed by atoms with Crippen LogP contribution in [0.25, 0.3) is 0 Å². The van der Waals surface area contributed by atoms with Crippen LogP contribution in [0.3, 0.4) is 0 Å². The summed E-state index contributed by atoms with van der Waals surface area (Å²) in [5, 5.41) is 13.3. The first-order chi connectivity index (χ1) is 9.06. The lowest BCUT2D eigenvalue weighted by Gasteiger charge is -1.99. The zero-order valence-electron chi connectivity index (χ0n) is 10.1. The molecule has 2 rings (SSSR count). The van der Waals surface area contributed by atoms with Gasteiger partial charge in [-0.15, -0.1) is 0 Å². The Balaban J connectivity index is 2.04. The number of halogens is 1. The molecule has 0 saturated carbocycles. The van der Waals surface area contributed by atoms with E-state index in [4.69, 9.17) is 4.42 Å². The Kier molecular flexibility index (Phi) is 4.01. The largest absolute Gasteiger partial charge is 0.507 e. The van der Waals surface area contributed by atoms with Gasteiger partial charge in [-0.25, -0.2) is 5.43 Å². The van der Waals surface area contributed by atoms with Crippen LogP contribution in [0.2, 0.25) is 0 Å². The molecule has 0 fully saturated rings. The number of amides is 1. The zero-order valence-corrected chi connectivity index (χ0v) is 11.6. The molecule has 98 valence electrons. The van der Waals surface area contributed by atoms with Crippen molar-refractivity contribution in [2.45, 2.75) is 6.92 Å². The molecule has 0 aliphatic heterocycles. The van der Waals surface area contributed by atoms with Gasteiger partial charge in [0.2, 0.25) is 0 Å². The summed E-state index contributed by atoms with van der Waals surface area (Å²) >= 11 is 3.28. The van der Waals surface area contributed by atoms with Crippen LogP contribution in [0.5, 0.6) is 5.75 Å². The number of nitrogens with one attached hydrogen (secondary N) is 1. The van der Waals surface area contributed by atoms with E-state index in [2.05, 4.69) is 26.5 Å². The van der Waals surface area contributed by atoms with Crippen LogP contribution in [0.4, 0.5) is 0 Å². The quantitative estimate of drug-likeness (QED) is 0.674. The number of rotatable bonds is 3. The first-order valence-electron chi connectivity index (χ1n) is 5.44. The SMILES string of the molecule is Cc1ccc(C(=O)N/N=C/c2cc(Br)ccc2O)o1. The third-order valence-corrected chi connectivity index (χ3v) is 2.82. The van der Waals surface area contributed by atoms with Crippen molar-refractivity contribution in [3.05, 3.63) is 51.9 Å². The molecule has 6 heteroatoms. The number of carbonyl (C=O) groups is 1. The Morgan fingerprint density at radius 3 is 2.89 bits per heavy atom. The number of phenolic OH excluding ortho intramolecular Hbond substituents is 1. The summed E-state index contributed by atoms with van der Waals surface area (Å²) in [6, 6.07) is 8.18. The van der Waals surface area contributed by atoms with Gasteiger partial charge in [-0.05, 0) is 37.3 Å². The second-order valence-corrected chi connectivity index (χ2v) is 4.73. The number of furan rings is 1. The zero-order chi connectivity index (χ0) is 13.8. The molecule has 2 N–H and O–H groups in total. The van der Waals surface area contributed by atoms with E-state index in [1.54, 1.807) is 31.2 Å². The summed E-state index contributed by atoms with van der Waals surface area (Å²) in [6.07, 6.45) is 1.35. The second-order valence-electron chi connectivity index (χ2n) is 3.81. The van der Waals surface area contributed by atoms with E-state index < -0.39 is 5.91 Å². The Hall–Kier alpha value is -2.08. The van der Waals surface area contributed by atoms with E-state index in [0.29, 0.717) is 11.3 Å². The minimum atomic E-state index is -0.446. The fourth-order valence-electron chi connectivity index (χ4n) is 1.40. The van der Waals surface area contributed by atoms with Crippen LogP contribution in [-0.4, -0.2) is 17.2 Å². The minimum absolute atomic E-state index is 0.0787. The molecule has 0 atom stereocenters. The van der Waals surface area contributed by atoms with Gasteiger partial charge < -0.3 is 9.52 Å². The number of benzene rings is 1. The third kappa shape index (κ3) is 3.45. The van der Waals surface area contributed by atoms with Crippen molar-refractivity contribution < 1.29 is 14.3 Å². The summed E-state index contributed by atoms with van der Waals surface area (Å²) in [7, 11) is 0. The standard InChI is InChI=1S/C13H11BrN2O3/c1-8-2-5-12(19-8)13(18)16-15-7-9-6-10(14)3-4-11(9)17/h2-7,17H,1H3,(H,16,18)/b15-7+. The smallest absolute Gasteiger partial charge is 0.307 e. The van der Waals surface area contributed by atoms with E-state index in [-0.39, 0.29) is 11.5 Å². The molecule has 0 radical (unpaired) electrons. The maximum Gasteiger partial charge on any atom is 0.307 e. The van der Waals surface area contributed by atoms with Gasteiger partial charge >= 0.3 is 5.91 Å². The van der Waals surface area contributed by atoms with E-state index in [9.17, 15) is 9.90 Å². The predicted octanol–water partition coefficient (Wildman–Crippen LogP) is 2.82. The molecular weight excluding hydrogens is 312 g/mol. The first kappa shape index (κ1) is 13.4. The molecule has 1 aromatic heterocycles. The van der Waals surface area contributed by atoms with Crippen molar-refractivity contribution in [2.24, 2.45) is 5.10 Å². The fourth-order valence-corrected chi connectivity index (χ4v) is 1.78. The maximum atomic E-state index is 11.6. The van der Waals surface area contributed by atoms with Crippen LogP contribution in [0.15, 0.2) is 44.3 Å². The molecule has 0 unspecified atom stereocenters. The average Bonchev–Trinajstić information content (AvgIpc) is 2.80. The van der Waals surface area contributed by atoms with Crippen molar-refractivity contribution in [1.29, 1.82) is 0 Å². The molecule has 0 aliphatic carbocycles. The fraction of sp³-hybridized carbons (Fsp3) is 0.0769. The van der Waals surface area contributed by atoms with Gasteiger partial charge in [0, 0.05) is 10.0 Å². The van der Waals surface area contributed by atoms with E-state index in [1.807, 2.05) is 0 Å². The van der Waals surface area contributed by atoms with Crippen LogP contribution in [-0.2, 0) is 0 Å². The lowest BCUT2D eigenvalue weighted by atomic mass is 10.2. The van der Waals surface area contributed by atoms with Crippen molar-refractivity contribution in [2.75, 3.05) is 0 Å². The van der Waals surface area contributed by atoms with Gasteiger partial charge in [-0.3, -0.25) is 4.79 Å². The second kappa shape index (κ2) is 5.71. The number of phenols is 1. The monoisotopic (exact) mass is 322 g/mol. The Labute approximate surface area is 118 Å². The highest BCUT2D eigenvalue weighted by molar-refractivity contribution is 9.10. The summed E-state index contributed by atoms with van der Waals surface area (Å²) in [4.78, 5) is 11.6. The topological polar surface area (TPSA) is 74.8 Å². The van der Waals surface area contributed by atoms with Gasteiger partial charge in [0.1, 0.15) is 11.5 Å². The number of hydrogen-bond donors (Lipinski definition) is 2. The molecule has 1 amide bonds. The van der Waals surface area contributed by atoms with Gasteiger partial charge in [0.25, 0.3) is 0 Å². The van der Waals surface area contributed by atoms with E-state index in [0.717, 1.165) is 4.47 Å². The van der Waals surface area contributed by atoms with Crippen LogP contribution in [0, 0.1) is 6.92 Å². The van der Waals surface area contributed by atoms with Crippen LogP contribution in [0.1, 0.15) is 21.9 Å². The lowest BCUT2D eigenvalue weighted by molar-refractivity contribution is 0.0926. The summed E-state index contributed by atoms with van der Waals surface area (Å²) < 4.78 is 5.95. The molecular formula is C13H11BrN2O3. The summed E-state index contributed by atoms with van der Waals surface area (Å²) in [5.74, 6) is 0.473. The third-order valence-electron chi connectivity index (χ3n) is 2.32. The molecule has 5 nitrogen and oxygen atoms in total. The van der Waals surface area contributed by atoms with Crippen molar-refractivity contribution >= 4 is 28.1 Å². The van der Waals surface area contributed by atoms with E-state index >= 15 is 0 Å². The molecule has 0 aliphatic rings. The number of aryl methyl sites for hydroxylation is 1. The number of nitrogens with zero attached hydrogens (tertiary/aromatic N) is 1. The van der Waals surface area contributed by atoms with Gasteiger partial charge in [-0.2, -0.15) is 5.10 Å². The Morgan fingerprint density at radius 1 is 1.42 bits per heavy atom. The van der Waals surface area contributed by atoms with Crippen molar-refractivity contribution in [1.82, 2.24) is 5.43 Å². The highest BCUT2D eigenvalue weighted by Crippen LogP contribution is 2.19. The summed E-state index contributed by atoms with van der Waals surface area (Å²) in [6.45, 7) is 1.75. The van der Waals surface area contributed by atoms with Crippen LogP contribution >= 0.6 is 15.9 Å². The number of carbonyl (C=O) groups excluding carboxylic acids is 1. The van der Waals surface area contributed by atoms with Gasteiger partial charge in [0.05, 0.1) is 6.21 Å². The van der Waals surface area contributed by atoms with Crippen molar-refractivity contribution in [3.63, 3.8) is 0 Å². The molecule has 0 saturated heterocycles. The first-order valence-corrected chi connectivity index (χ1v) is 6.24. The normalized spacial score (nSPS) is 10.8. The number of hydrogen-bond acceptors (Lipinski definition) is 4. The molecule has 2 aromatic rings. The lowest BCUT2D eigenvalue weighted by Crippen LogP contribution is -2.16. The summed E-state index contributed by atoms with van der Waals surface area (Å²) in [5.41, 5.74) is 2.81. The molecule has 0 bridgehead atoms. The average molecular weight is 323 g/mol. The molecule has 1 heterocycles.